The maximum Gasteiger partial charge on any atom is 0.309 e. The first kappa shape index (κ1) is 20.8. The fourth-order valence-corrected chi connectivity index (χ4v) is 4.54. The highest BCUT2D eigenvalue weighted by atomic mass is 35.5. The quantitative estimate of drug-likeness (QED) is 0.396. The summed E-state index contributed by atoms with van der Waals surface area (Å²) in [5.41, 5.74) is 3.72. The van der Waals surface area contributed by atoms with Crippen molar-refractivity contribution in [3.8, 4) is 5.82 Å². The van der Waals surface area contributed by atoms with Gasteiger partial charge in [-0.15, -0.1) is 0 Å². The Labute approximate surface area is 191 Å². The number of imidazole rings is 1. The zero-order chi connectivity index (χ0) is 22.2. The van der Waals surface area contributed by atoms with Crippen LogP contribution in [0.5, 0.6) is 0 Å². The van der Waals surface area contributed by atoms with E-state index < -0.39 is 0 Å². The maximum atomic E-state index is 12.2. The van der Waals surface area contributed by atoms with E-state index in [9.17, 15) is 4.79 Å². The van der Waals surface area contributed by atoms with Crippen LogP contribution in [0.2, 0.25) is 5.02 Å². The molecule has 6 nitrogen and oxygen atoms in total. The second-order valence-electron chi connectivity index (χ2n) is 8.21. The first-order chi connectivity index (χ1) is 15.5. The molecule has 4 aromatic rings. The van der Waals surface area contributed by atoms with E-state index in [4.69, 9.17) is 26.3 Å². The van der Waals surface area contributed by atoms with Gasteiger partial charge in [0.2, 0.25) is 5.95 Å². The molecular weight excluding hydrogens is 424 g/mol. The Balaban J connectivity index is 1.59. The number of esters is 1. The van der Waals surface area contributed by atoms with Crippen molar-refractivity contribution < 1.29 is 9.53 Å². The van der Waals surface area contributed by atoms with Crippen molar-refractivity contribution in [3.63, 3.8) is 0 Å². The molecule has 0 N–H and O–H groups in total. The van der Waals surface area contributed by atoms with E-state index in [1.807, 2.05) is 50.2 Å². The van der Waals surface area contributed by atoms with Gasteiger partial charge in [-0.3, -0.25) is 9.36 Å². The predicted molar refractivity (Wildman–Crippen MR) is 128 cm³/mol. The summed E-state index contributed by atoms with van der Waals surface area (Å²) in [4.78, 5) is 24.3. The van der Waals surface area contributed by atoms with Gasteiger partial charge in [0.25, 0.3) is 0 Å². The van der Waals surface area contributed by atoms with E-state index in [1.54, 1.807) is 0 Å². The van der Waals surface area contributed by atoms with E-state index >= 15 is 0 Å². The van der Waals surface area contributed by atoms with Crippen molar-refractivity contribution in [2.75, 3.05) is 24.6 Å². The van der Waals surface area contributed by atoms with Gasteiger partial charge < -0.3 is 9.64 Å². The van der Waals surface area contributed by atoms with Crippen LogP contribution in [0.25, 0.3) is 27.8 Å². The molecule has 0 unspecified atom stereocenters. The molecule has 2 aromatic heterocycles. The number of fused-ring (bicyclic) bond motifs is 2. The van der Waals surface area contributed by atoms with Gasteiger partial charge >= 0.3 is 5.97 Å². The third-order valence-corrected chi connectivity index (χ3v) is 6.53. The smallest absolute Gasteiger partial charge is 0.309 e. The number of carbonyl (C=O) groups excluding carboxylic acids is 1. The number of ether oxygens (including phenoxy) is 1. The van der Waals surface area contributed by atoms with Crippen molar-refractivity contribution in [3.05, 3.63) is 59.1 Å². The normalized spacial score (nSPS) is 14.9. The summed E-state index contributed by atoms with van der Waals surface area (Å²) >= 11 is 6.49. The van der Waals surface area contributed by atoms with Crippen LogP contribution in [0.3, 0.4) is 0 Å². The van der Waals surface area contributed by atoms with Crippen LogP contribution >= 0.6 is 11.6 Å². The van der Waals surface area contributed by atoms with Crippen LogP contribution in [0.1, 0.15) is 25.3 Å². The number of rotatable bonds is 4. The third-order valence-electron chi connectivity index (χ3n) is 6.13. The standard InChI is InChI=1S/C25H25ClN4O2/c1-3-32-24(31)18-10-12-29(13-11-18)25-28-21-14-16(2)19(26)15-22(21)30(25)23-9-8-17-6-4-5-7-20(17)27-23/h4-9,14-15,18H,3,10-13H2,1-2H3. The van der Waals surface area contributed by atoms with Crippen molar-refractivity contribution in [1.82, 2.24) is 14.5 Å². The van der Waals surface area contributed by atoms with Crippen LogP contribution in [0, 0.1) is 12.8 Å². The predicted octanol–water partition coefficient (Wildman–Crippen LogP) is 5.32. The van der Waals surface area contributed by atoms with Gasteiger partial charge in [-0.1, -0.05) is 29.8 Å². The molecule has 0 spiro atoms. The van der Waals surface area contributed by atoms with E-state index in [2.05, 4.69) is 21.6 Å². The molecule has 2 aromatic carbocycles. The van der Waals surface area contributed by atoms with Crippen LogP contribution in [-0.2, 0) is 9.53 Å². The molecule has 5 rings (SSSR count). The lowest BCUT2D eigenvalue weighted by Crippen LogP contribution is -2.38. The zero-order valence-corrected chi connectivity index (χ0v) is 19.0. The van der Waals surface area contributed by atoms with E-state index in [0.29, 0.717) is 11.6 Å². The molecule has 7 heteroatoms. The molecule has 1 fully saturated rings. The molecule has 0 atom stereocenters. The minimum absolute atomic E-state index is 0.0560. The van der Waals surface area contributed by atoms with Gasteiger partial charge in [0, 0.05) is 23.5 Å². The number of para-hydroxylation sites is 1. The number of aryl methyl sites for hydroxylation is 1. The SMILES string of the molecule is CCOC(=O)C1CCN(c2nc3cc(C)c(Cl)cc3n2-c2ccc3ccccc3n2)CC1. The molecule has 0 amide bonds. The number of anilines is 1. The van der Waals surface area contributed by atoms with Gasteiger partial charge in [0.15, 0.2) is 0 Å². The molecule has 1 aliphatic rings. The highest BCUT2D eigenvalue weighted by molar-refractivity contribution is 6.32. The molecule has 1 aliphatic heterocycles. The Hall–Kier alpha value is -3.12. The first-order valence-electron chi connectivity index (χ1n) is 11.0. The van der Waals surface area contributed by atoms with E-state index in [0.717, 1.165) is 65.2 Å². The summed E-state index contributed by atoms with van der Waals surface area (Å²) in [5, 5.41) is 1.79. The minimum Gasteiger partial charge on any atom is -0.466 e. The lowest BCUT2D eigenvalue weighted by atomic mass is 9.97. The number of nitrogens with zero attached hydrogens (tertiary/aromatic N) is 4. The van der Waals surface area contributed by atoms with Crippen molar-refractivity contribution in [1.29, 1.82) is 0 Å². The first-order valence-corrected chi connectivity index (χ1v) is 11.4. The monoisotopic (exact) mass is 448 g/mol. The van der Waals surface area contributed by atoms with Crippen LogP contribution in [0.15, 0.2) is 48.5 Å². The van der Waals surface area contributed by atoms with Crippen molar-refractivity contribution in [2.45, 2.75) is 26.7 Å². The van der Waals surface area contributed by atoms with Gasteiger partial charge in [-0.25, -0.2) is 9.97 Å². The maximum absolute atomic E-state index is 12.2. The summed E-state index contributed by atoms with van der Waals surface area (Å²) < 4.78 is 7.31. The number of carbonyl (C=O) groups is 1. The van der Waals surface area contributed by atoms with Crippen molar-refractivity contribution in [2.24, 2.45) is 5.92 Å². The highest BCUT2D eigenvalue weighted by Crippen LogP contribution is 2.33. The summed E-state index contributed by atoms with van der Waals surface area (Å²) in [5.74, 6) is 1.47. The molecule has 0 bridgehead atoms. The topological polar surface area (TPSA) is 60.2 Å². The summed E-state index contributed by atoms with van der Waals surface area (Å²) in [6.45, 7) is 5.71. The fraction of sp³-hybridized carbons (Fsp3) is 0.320. The number of pyridine rings is 1. The second-order valence-corrected chi connectivity index (χ2v) is 8.62. The second kappa shape index (κ2) is 8.43. The number of piperidine rings is 1. The van der Waals surface area contributed by atoms with Crippen LogP contribution in [-0.4, -0.2) is 40.2 Å². The summed E-state index contributed by atoms with van der Waals surface area (Å²) in [6.07, 6.45) is 1.49. The number of aromatic nitrogens is 3. The minimum atomic E-state index is -0.0979. The van der Waals surface area contributed by atoms with Crippen LogP contribution < -0.4 is 4.90 Å². The average molecular weight is 449 g/mol. The van der Waals surface area contributed by atoms with Gasteiger partial charge in [0.05, 0.1) is 29.1 Å². The van der Waals surface area contributed by atoms with Crippen LogP contribution in [0.4, 0.5) is 5.95 Å². The molecule has 0 radical (unpaired) electrons. The van der Waals surface area contributed by atoms with E-state index in [1.165, 1.54) is 0 Å². The Kier molecular flexibility index (Phi) is 5.47. The molecule has 0 saturated carbocycles. The lowest BCUT2D eigenvalue weighted by molar-refractivity contribution is -0.148. The lowest BCUT2D eigenvalue weighted by Gasteiger charge is -2.31. The Morgan fingerprint density at radius 2 is 1.88 bits per heavy atom. The van der Waals surface area contributed by atoms with Gasteiger partial charge in [-0.2, -0.15) is 0 Å². The number of benzene rings is 2. The zero-order valence-electron chi connectivity index (χ0n) is 18.2. The Morgan fingerprint density at radius 3 is 2.66 bits per heavy atom. The molecule has 32 heavy (non-hydrogen) atoms. The number of hydrogen-bond donors (Lipinski definition) is 0. The highest BCUT2D eigenvalue weighted by Gasteiger charge is 2.29. The molecular formula is C25H25ClN4O2. The van der Waals surface area contributed by atoms with Gasteiger partial charge in [-0.05, 0) is 62.6 Å². The molecule has 1 saturated heterocycles. The van der Waals surface area contributed by atoms with Gasteiger partial charge in [0.1, 0.15) is 5.82 Å². The molecule has 164 valence electrons. The third kappa shape index (κ3) is 3.69. The Bertz CT molecular complexity index is 1310. The molecule has 3 heterocycles. The largest absolute Gasteiger partial charge is 0.466 e. The van der Waals surface area contributed by atoms with Crippen molar-refractivity contribution >= 4 is 45.5 Å². The summed E-state index contributed by atoms with van der Waals surface area (Å²) in [6, 6.07) is 16.2. The number of hydrogen-bond acceptors (Lipinski definition) is 5. The fourth-order valence-electron chi connectivity index (χ4n) is 4.38. The van der Waals surface area contributed by atoms with E-state index in [-0.39, 0.29) is 11.9 Å². The molecule has 0 aliphatic carbocycles. The summed E-state index contributed by atoms with van der Waals surface area (Å²) in [7, 11) is 0. The average Bonchev–Trinajstić information content (AvgIpc) is 3.17. The Morgan fingerprint density at radius 1 is 1.09 bits per heavy atom. The number of halogens is 1.